The second kappa shape index (κ2) is 8.11. The van der Waals surface area contributed by atoms with Gasteiger partial charge in [0.1, 0.15) is 17.0 Å². The van der Waals surface area contributed by atoms with E-state index in [1.807, 2.05) is 16.9 Å². The minimum atomic E-state index is -0.119. The smallest absolute Gasteiger partial charge is 0.130 e. The maximum Gasteiger partial charge on any atom is 0.130 e. The highest BCUT2D eigenvalue weighted by Gasteiger charge is 2.24. The predicted molar refractivity (Wildman–Crippen MR) is 124 cm³/mol. The van der Waals surface area contributed by atoms with Crippen molar-refractivity contribution in [2.24, 2.45) is 5.73 Å². The summed E-state index contributed by atoms with van der Waals surface area (Å²) in [6, 6.07) is 4.28. The lowest BCUT2D eigenvalue weighted by Crippen LogP contribution is -2.44. The van der Waals surface area contributed by atoms with Gasteiger partial charge < -0.3 is 20.8 Å². The molecule has 162 valence electrons. The number of fused-ring (bicyclic) bond motifs is 1. The number of nitrogens with zero attached hydrogens (tertiary/aromatic N) is 5. The molecule has 0 saturated carbocycles. The van der Waals surface area contributed by atoms with Crippen LogP contribution in [0.4, 0.5) is 5.82 Å². The second-order valence-corrected chi connectivity index (χ2v) is 8.83. The Morgan fingerprint density at radius 2 is 2.16 bits per heavy atom. The van der Waals surface area contributed by atoms with Crippen molar-refractivity contribution in [1.82, 2.24) is 19.7 Å². The third-order valence-electron chi connectivity index (χ3n) is 5.49. The van der Waals surface area contributed by atoms with Gasteiger partial charge in [0.05, 0.1) is 36.7 Å². The van der Waals surface area contributed by atoms with Crippen molar-refractivity contribution in [2.45, 2.75) is 39.3 Å². The van der Waals surface area contributed by atoms with E-state index in [1.165, 1.54) is 6.08 Å². The molecule has 1 aliphatic heterocycles. The number of anilines is 1. The molecular weight excluding hydrogens is 390 g/mol. The van der Waals surface area contributed by atoms with Gasteiger partial charge in [-0.2, -0.15) is 5.10 Å². The van der Waals surface area contributed by atoms with Crippen LogP contribution in [0.1, 0.15) is 33.4 Å². The van der Waals surface area contributed by atoms with Crippen LogP contribution in [0.5, 0.6) is 0 Å². The van der Waals surface area contributed by atoms with Gasteiger partial charge in [0.15, 0.2) is 0 Å². The van der Waals surface area contributed by atoms with Gasteiger partial charge >= 0.3 is 0 Å². The van der Waals surface area contributed by atoms with Crippen molar-refractivity contribution in [1.29, 1.82) is 5.41 Å². The molecule has 0 amide bonds. The summed E-state index contributed by atoms with van der Waals surface area (Å²) in [5.41, 5.74) is 9.86. The molecule has 0 aliphatic carbocycles. The Morgan fingerprint density at radius 1 is 1.35 bits per heavy atom. The first-order valence-corrected chi connectivity index (χ1v) is 10.5. The summed E-state index contributed by atoms with van der Waals surface area (Å²) in [4.78, 5) is 11.7. The van der Waals surface area contributed by atoms with Crippen LogP contribution in [0.2, 0.25) is 0 Å². The van der Waals surface area contributed by atoms with Gasteiger partial charge in [0.25, 0.3) is 0 Å². The molecule has 3 aromatic rings. The third-order valence-corrected chi connectivity index (χ3v) is 5.49. The Morgan fingerprint density at radius 3 is 2.84 bits per heavy atom. The summed E-state index contributed by atoms with van der Waals surface area (Å²) >= 11 is 0. The molecule has 3 N–H and O–H groups in total. The van der Waals surface area contributed by atoms with E-state index >= 15 is 0 Å². The lowest BCUT2D eigenvalue weighted by atomic mass is 10.0. The number of pyridine rings is 2. The van der Waals surface area contributed by atoms with Crippen molar-refractivity contribution < 1.29 is 4.74 Å². The van der Waals surface area contributed by atoms with Gasteiger partial charge in [-0.1, -0.05) is 0 Å². The number of nitrogens with one attached hydrogen (secondary N) is 1. The first-order valence-electron chi connectivity index (χ1n) is 10.5. The zero-order valence-corrected chi connectivity index (χ0v) is 18.5. The topological polar surface area (TPSA) is 106 Å². The van der Waals surface area contributed by atoms with Crippen LogP contribution >= 0.6 is 0 Å². The monoisotopic (exact) mass is 419 g/mol. The standard InChI is InChI=1S/C23H29N7O/c1-15-14-31-10-9-29(15)20-11-18(16-12-27-30(13-16)23(2,3)4)17-6-8-26-22(21(17)28-20)19(25)5-7-24/h5-8,11-13,15,24H,9-10,14,25H2,1-4H3/b19-5-,24-7?/t15-/m1/s1. The van der Waals surface area contributed by atoms with Crippen LogP contribution in [0, 0.1) is 5.41 Å². The number of morpholine rings is 1. The number of ether oxygens (including phenoxy) is 1. The van der Waals surface area contributed by atoms with Gasteiger partial charge in [-0.3, -0.25) is 9.67 Å². The molecule has 1 fully saturated rings. The molecule has 0 unspecified atom stereocenters. The Bertz CT molecular complexity index is 1140. The summed E-state index contributed by atoms with van der Waals surface area (Å²) in [5.74, 6) is 0.860. The number of hydrogen-bond donors (Lipinski definition) is 2. The van der Waals surface area contributed by atoms with E-state index in [4.69, 9.17) is 20.9 Å². The molecular formula is C23H29N7O. The molecule has 0 bridgehead atoms. The molecule has 4 rings (SSSR count). The molecule has 0 radical (unpaired) electrons. The Kier molecular flexibility index (Phi) is 5.49. The molecule has 1 saturated heterocycles. The highest BCUT2D eigenvalue weighted by Crippen LogP contribution is 2.34. The summed E-state index contributed by atoms with van der Waals surface area (Å²) < 4.78 is 7.59. The van der Waals surface area contributed by atoms with E-state index < -0.39 is 0 Å². The van der Waals surface area contributed by atoms with Crippen LogP contribution in [0.3, 0.4) is 0 Å². The van der Waals surface area contributed by atoms with Crippen molar-refractivity contribution >= 4 is 28.6 Å². The molecule has 0 aromatic carbocycles. The van der Waals surface area contributed by atoms with E-state index in [-0.39, 0.29) is 11.6 Å². The van der Waals surface area contributed by atoms with Gasteiger partial charge in [0.2, 0.25) is 0 Å². The molecule has 3 aromatic heterocycles. The molecule has 8 nitrogen and oxygen atoms in total. The molecule has 31 heavy (non-hydrogen) atoms. The SMILES string of the molecule is C[C@@H]1COCCN1c1cc(-c2cnn(C(C)(C)C)c2)c2ccnc(/C(N)=C/C=N)c2n1. The van der Waals surface area contributed by atoms with Crippen LogP contribution < -0.4 is 10.6 Å². The highest BCUT2D eigenvalue weighted by atomic mass is 16.5. The minimum Gasteiger partial charge on any atom is -0.397 e. The quantitative estimate of drug-likeness (QED) is 0.628. The van der Waals surface area contributed by atoms with Crippen molar-refractivity contribution in [3.05, 3.63) is 42.5 Å². The predicted octanol–water partition coefficient (Wildman–Crippen LogP) is 3.42. The Hall–Kier alpha value is -3.26. The molecule has 8 heteroatoms. The molecule has 1 aliphatic rings. The van der Waals surface area contributed by atoms with Crippen molar-refractivity contribution in [3.8, 4) is 11.1 Å². The van der Waals surface area contributed by atoms with Gasteiger partial charge in [-0.15, -0.1) is 0 Å². The average Bonchev–Trinajstić information content (AvgIpc) is 3.24. The number of hydrogen-bond acceptors (Lipinski definition) is 7. The van der Waals surface area contributed by atoms with E-state index in [1.54, 1.807) is 6.20 Å². The average molecular weight is 420 g/mol. The third kappa shape index (κ3) is 4.03. The summed E-state index contributed by atoms with van der Waals surface area (Å²) in [7, 11) is 0. The van der Waals surface area contributed by atoms with Crippen LogP contribution in [0.25, 0.3) is 27.7 Å². The van der Waals surface area contributed by atoms with Crippen molar-refractivity contribution in [3.63, 3.8) is 0 Å². The number of nitrogens with two attached hydrogens (primary N) is 1. The lowest BCUT2D eigenvalue weighted by molar-refractivity contribution is 0.0986. The van der Waals surface area contributed by atoms with E-state index in [9.17, 15) is 0 Å². The summed E-state index contributed by atoms with van der Waals surface area (Å²) in [6.45, 7) is 10.6. The van der Waals surface area contributed by atoms with Crippen molar-refractivity contribution in [2.75, 3.05) is 24.7 Å². The van der Waals surface area contributed by atoms with E-state index in [0.29, 0.717) is 30.1 Å². The molecule has 0 spiro atoms. The minimum absolute atomic E-state index is 0.119. The van der Waals surface area contributed by atoms with Crippen LogP contribution in [0.15, 0.2) is 36.8 Å². The van der Waals surface area contributed by atoms with Gasteiger partial charge in [-0.05, 0) is 51.5 Å². The second-order valence-electron chi connectivity index (χ2n) is 8.83. The fraction of sp³-hybridized carbons (Fsp3) is 0.391. The largest absolute Gasteiger partial charge is 0.397 e. The zero-order chi connectivity index (χ0) is 22.2. The van der Waals surface area contributed by atoms with E-state index in [2.05, 4.69) is 54.9 Å². The number of rotatable bonds is 4. The fourth-order valence-electron chi connectivity index (χ4n) is 3.80. The van der Waals surface area contributed by atoms with Gasteiger partial charge in [-0.25, -0.2) is 4.98 Å². The van der Waals surface area contributed by atoms with E-state index in [0.717, 1.165) is 35.1 Å². The maximum atomic E-state index is 7.39. The van der Waals surface area contributed by atoms with Crippen LogP contribution in [-0.2, 0) is 10.3 Å². The first kappa shape index (κ1) is 21.0. The van der Waals surface area contributed by atoms with Gasteiger partial charge in [0, 0.05) is 36.1 Å². The number of aromatic nitrogens is 4. The summed E-state index contributed by atoms with van der Waals surface area (Å²) in [6.07, 6.45) is 8.39. The number of allylic oxidation sites excluding steroid dienone is 1. The lowest BCUT2D eigenvalue weighted by Gasteiger charge is -2.34. The molecule has 1 atom stereocenters. The maximum absolute atomic E-state index is 7.39. The highest BCUT2D eigenvalue weighted by molar-refractivity contribution is 6.01. The molecule has 4 heterocycles. The summed E-state index contributed by atoms with van der Waals surface area (Å²) in [5, 5.41) is 12.9. The fourth-order valence-corrected chi connectivity index (χ4v) is 3.80. The Labute approximate surface area is 182 Å². The van der Waals surface area contributed by atoms with Crippen LogP contribution in [-0.4, -0.2) is 51.8 Å². The normalized spacial score (nSPS) is 17.9. The zero-order valence-electron chi connectivity index (χ0n) is 18.5. The Balaban J connectivity index is 1.97. The first-order chi connectivity index (χ1) is 14.8.